The molecule has 4 nitrogen and oxygen atoms in total. The van der Waals surface area contributed by atoms with E-state index < -0.39 is 17.2 Å². The number of hydrogen-bond donors (Lipinski definition) is 0. The number of likely N-dealkylation sites (N-methyl/N-ethyl adjacent to an activating group) is 1. The van der Waals surface area contributed by atoms with E-state index in [9.17, 15) is 9.59 Å². The van der Waals surface area contributed by atoms with E-state index in [0.717, 1.165) is 31.1 Å². The number of aryl methyl sites for hydroxylation is 1. The Morgan fingerprint density at radius 3 is 2.50 bits per heavy atom. The van der Waals surface area contributed by atoms with Gasteiger partial charge in [-0.1, -0.05) is 18.2 Å². The van der Waals surface area contributed by atoms with Crippen molar-refractivity contribution in [3.8, 4) is 0 Å². The first-order valence-corrected chi connectivity index (χ1v) is 7.73. The van der Waals surface area contributed by atoms with Crippen LogP contribution in [0.4, 0.5) is 4.79 Å². The van der Waals surface area contributed by atoms with Gasteiger partial charge in [-0.2, -0.15) is 0 Å². The highest BCUT2D eigenvalue weighted by Gasteiger charge is 2.39. The predicted octanol–water partition coefficient (Wildman–Crippen LogP) is 3.46. The first kappa shape index (κ1) is 16.5. The van der Waals surface area contributed by atoms with Crippen LogP contribution in [-0.2, 0) is 27.9 Å². The number of nitrogens with zero attached hydrogens (tertiary/aromatic N) is 1. The van der Waals surface area contributed by atoms with Gasteiger partial charge in [-0.05, 0) is 63.6 Å². The Morgan fingerprint density at radius 1 is 1.23 bits per heavy atom. The number of aldehydes is 1. The first-order valence-electron chi connectivity index (χ1n) is 7.73. The summed E-state index contributed by atoms with van der Waals surface area (Å²) in [5.41, 5.74) is 1.78. The molecule has 22 heavy (non-hydrogen) atoms. The van der Waals surface area contributed by atoms with Crippen molar-refractivity contribution in [1.82, 2.24) is 4.90 Å². The highest BCUT2D eigenvalue weighted by molar-refractivity contribution is 5.78. The Balaban J connectivity index is 2.39. The zero-order chi connectivity index (χ0) is 16.5. The van der Waals surface area contributed by atoms with E-state index in [1.54, 1.807) is 14.0 Å². The van der Waals surface area contributed by atoms with Crippen LogP contribution in [0.15, 0.2) is 18.2 Å². The molecular formula is C18H25NO3. The predicted molar refractivity (Wildman–Crippen MR) is 85.9 cm³/mol. The standard InChI is InChI=1S/C18H25NO3/c1-17(2,3)22-16(21)19(5)18(4,12-20)15-11-7-9-13-8-6-10-14(13)15/h7,9,11-12H,6,8,10H2,1-5H3. The molecule has 0 heterocycles. The Kier molecular flexibility index (Phi) is 4.32. The van der Waals surface area contributed by atoms with Gasteiger partial charge in [-0.3, -0.25) is 4.90 Å². The van der Waals surface area contributed by atoms with Crippen molar-refractivity contribution in [2.24, 2.45) is 0 Å². The molecule has 4 heteroatoms. The second-order valence-electron chi connectivity index (χ2n) is 7.10. The fourth-order valence-corrected chi connectivity index (χ4v) is 2.94. The van der Waals surface area contributed by atoms with Gasteiger partial charge in [0.1, 0.15) is 17.4 Å². The Hall–Kier alpha value is -1.84. The molecule has 1 unspecified atom stereocenters. The van der Waals surface area contributed by atoms with Crippen LogP contribution in [0.5, 0.6) is 0 Å². The molecule has 0 bridgehead atoms. The van der Waals surface area contributed by atoms with Gasteiger partial charge in [0.25, 0.3) is 0 Å². The Labute approximate surface area is 132 Å². The summed E-state index contributed by atoms with van der Waals surface area (Å²) >= 11 is 0. The molecule has 1 atom stereocenters. The zero-order valence-corrected chi connectivity index (χ0v) is 14.1. The molecule has 1 aromatic carbocycles. The van der Waals surface area contributed by atoms with Gasteiger partial charge in [0, 0.05) is 7.05 Å². The van der Waals surface area contributed by atoms with Crippen molar-refractivity contribution in [2.45, 2.75) is 58.1 Å². The third-order valence-electron chi connectivity index (χ3n) is 4.28. The lowest BCUT2D eigenvalue weighted by Crippen LogP contribution is -2.48. The van der Waals surface area contributed by atoms with Crippen LogP contribution in [0.1, 0.15) is 50.8 Å². The summed E-state index contributed by atoms with van der Waals surface area (Å²) < 4.78 is 5.42. The molecule has 1 amide bonds. The minimum absolute atomic E-state index is 0.488. The Bertz CT molecular complexity index is 588. The number of benzene rings is 1. The van der Waals surface area contributed by atoms with Crippen LogP contribution in [0.25, 0.3) is 0 Å². The van der Waals surface area contributed by atoms with Gasteiger partial charge >= 0.3 is 6.09 Å². The number of carbonyl (C=O) groups excluding carboxylic acids is 2. The molecular weight excluding hydrogens is 278 g/mol. The van der Waals surface area contributed by atoms with E-state index in [4.69, 9.17) is 4.74 Å². The maximum Gasteiger partial charge on any atom is 0.411 e. The number of carbonyl (C=O) groups is 2. The molecule has 2 rings (SSSR count). The zero-order valence-electron chi connectivity index (χ0n) is 14.1. The molecule has 1 aliphatic rings. The number of amides is 1. The molecule has 0 fully saturated rings. The van der Waals surface area contributed by atoms with Crippen LogP contribution < -0.4 is 0 Å². The third kappa shape index (κ3) is 3.01. The summed E-state index contributed by atoms with van der Waals surface area (Å²) in [4.78, 5) is 25.7. The van der Waals surface area contributed by atoms with Crippen molar-refractivity contribution in [1.29, 1.82) is 0 Å². The average Bonchev–Trinajstić information content (AvgIpc) is 2.91. The molecule has 120 valence electrons. The number of fused-ring (bicyclic) bond motifs is 1. The quantitative estimate of drug-likeness (QED) is 0.803. The van der Waals surface area contributed by atoms with Gasteiger partial charge in [0.05, 0.1) is 0 Å². The molecule has 0 aliphatic heterocycles. The smallest absolute Gasteiger partial charge is 0.411 e. The van der Waals surface area contributed by atoms with Crippen LogP contribution in [0, 0.1) is 0 Å². The Morgan fingerprint density at radius 2 is 1.91 bits per heavy atom. The second-order valence-corrected chi connectivity index (χ2v) is 7.10. The summed E-state index contributed by atoms with van der Waals surface area (Å²) in [7, 11) is 1.62. The lowest BCUT2D eigenvalue weighted by molar-refractivity contribution is -0.117. The SMILES string of the molecule is CN(C(=O)OC(C)(C)C)C(C)(C=O)c1cccc2c1CCC2. The van der Waals surface area contributed by atoms with Crippen molar-refractivity contribution in [2.75, 3.05) is 7.05 Å². The van der Waals surface area contributed by atoms with E-state index in [1.807, 2.05) is 32.9 Å². The molecule has 1 aliphatic carbocycles. The van der Waals surface area contributed by atoms with Crippen LogP contribution >= 0.6 is 0 Å². The summed E-state index contributed by atoms with van der Waals surface area (Å²) in [5.74, 6) is 0. The first-order chi connectivity index (χ1) is 10.2. The maximum atomic E-state index is 12.4. The number of rotatable bonds is 3. The van der Waals surface area contributed by atoms with Gasteiger partial charge in [0.15, 0.2) is 0 Å². The third-order valence-corrected chi connectivity index (χ3v) is 4.28. The minimum Gasteiger partial charge on any atom is -0.444 e. The van der Waals surface area contributed by atoms with Crippen molar-refractivity contribution < 1.29 is 14.3 Å². The van der Waals surface area contributed by atoms with Gasteiger partial charge in [-0.25, -0.2) is 4.79 Å². The number of ether oxygens (including phenoxy) is 1. The van der Waals surface area contributed by atoms with Gasteiger partial charge in [-0.15, -0.1) is 0 Å². The minimum atomic E-state index is -1.02. The lowest BCUT2D eigenvalue weighted by atomic mass is 9.86. The maximum absolute atomic E-state index is 12.4. The topological polar surface area (TPSA) is 46.6 Å². The molecule has 0 saturated heterocycles. The van der Waals surface area contributed by atoms with Crippen molar-refractivity contribution in [3.05, 3.63) is 34.9 Å². The highest BCUT2D eigenvalue weighted by atomic mass is 16.6. The monoisotopic (exact) mass is 303 g/mol. The average molecular weight is 303 g/mol. The van der Waals surface area contributed by atoms with Crippen molar-refractivity contribution >= 4 is 12.4 Å². The van der Waals surface area contributed by atoms with E-state index in [2.05, 4.69) is 6.07 Å². The number of hydrogen-bond acceptors (Lipinski definition) is 3. The fraction of sp³-hybridized carbons (Fsp3) is 0.556. The van der Waals surface area contributed by atoms with Crippen molar-refractivity contribution in [3.63, 3.8) is 0 Å². The summed E-state index contributed by atoms with van der Waals surface area (Å²) in [6.07, 6.45) is 3.44. The van der Waals surface area contributed by atoms with E-state index in [1.165, 1.54) is 16.0 Å². The lowest BCUT2D eigenvalue weighted by Gasteiger charge is -2.36. The second kappa shape index (κ2) is 5.75. The molecule has 0 radical (unpaired) electrons. The van der Waals surface area contributed by atoms with Gasteiger partial charge < -0.3 is 9.53 Å². The van der Waals surface area contributed by atoms with Crippen LogP contribution in [-0.4, -0.2) is 29.9 Å². The molecule has 0 aromatic heterocycles. The summed E-state index contributed by atoms with van der Waals surface area (Å²) in [6.45, 7) is 7.23. The van der Waals surface area contributed by atoms with E-state index in [-0.39, 0.29) is 0 Å². The van der Waals surface area contributed by atoms with E-state index >= 15 is 0 Å². The largest absolute Gasteiger partial charge is 0.444 e. The molecule has 0 N–H and O–H groups in total. The molecule has 0 saturated carbocycles. The summed E-state index contributed by atoms with van der Waals surface area (Å²) in [6, 6.07) is 6.01. The van der Waals surface area contributed by atoms with E-state index in [0.29, 0.717) is 0 Å². The fourth-order valence-electron chi connectivity index (χ4n) is 2.94. The van der Waals surface area contributed by atoms with Gasteiger partial charge in [0.2, 0.25) is 0 Å². The molecule has 1 aromatic rings. The summed E-state index contributed by atoms with van der Waals surface area (Å²) in [5, 5.41) is 0. The highest BCUT2D eigenvalue weighted by Crippen LogP contribution is 2.35. The normalized spacial score (nSPS) is 16.6. The molecule has 0 spiro atoms. The van der Waals surface area contributed by atoms with Crippen LogP contribution in [0.2, 0.25) is 0 Å². The van der Waals surface area contributed by atoms with Crippen LogP contribution in [0.3, 0.4) is 0 Å².